The van der Waals surface area contributed by atoms with Gasteiger partial charge in [0.25, 0.3) is 5.91 Å². The van der Waals surface area contributed by atoms with E-state index in [4.69, 9.17) is 4.74 Å². The normalized spacial score (nSPS) is 16.2. The Balaban J connectivity index is 2.18. The van der Waals surface area contributed by atoms with Crippen LogP contribution in [0.1, 0.15) is 19.4 Å². The zero-order valence-electron chi connectivity index (χ0n) is 11.2. The first-order valence-electron chi connectivity index (χ1n) is 6.37. The van der Waals surface area contributed by atoms with E-state index in [1.165, 1.54) is 5.56 Å². The lowest BCUT2D eigenvalue weighted by molar-refractivity contribution is -0.120. The average molecular weight is 248 g/mol. The van der Waals surface area contributed by atoms with Crippen LogP contribution >= 0.6 is 0 Å². The lowest BCUT2D eigenvalue weighted by Crippen LogP contribution is -2.35. The van der Waals surface area contributed by atoms with Crippen LogP contribution in [-0.2, 0) is 11.2 Å². The maximum Gasteiger partial charge on any atom is 0.264 e. The summed E-state index contributed by atoms with van der Waals surface area (Å²) >= 11 is 0. The van der Waals surface area contributed by atoms with Crippen LogP contribution in [0.4, 0.5) is 5.69 Å². The zero-order valence-corrected chi connectivity index (χ0v) is 11.2. The minimum Gasteiger partial charge on any atom is -0.482 e. The van der Waals surface area contributed by atoms with Gasteiger partial charge in [-0.05, 0) is 37.6 Å². The molecule has 0 aromatic heterocycles. The van der Waals surface area contributed by atoms with Crippen LogP contribution in [-0.4, -0.2) is 32.1 Å². The number of ether oxygens (including phenoxy) is 1. The summed E-state index contributed by atoms with van der Waals surface area (Å²) in [6.45, 7) is 5.36. The highest BCUT2D eigenvalue weighted by atomic mass is 16.5. The molecule has 1 unspecified atom stereocenters. The average Bonchev–Trinajstić information content (AvgIpc) is 2.35. The Morgan fingerprint density at radius 1 is 1.50 bits per heavy atom. The highest BCUT2D eigenvalue weighted by Gasteiger charge is 2.22. The third-order valence-corrected chi connectivity index (χ3v) is 3.20. The van der Waals surface area contributed by atoms with Crippen molar-refractivity contribution in [3.05, 3.63) is 23.8 Å². The highest BCUT2D eigenvalue weighted by Crippen LogP contribution is 2.32. The zero-order chi connectivity index (χ0) is 13.1. The van der Waals surface area contributed by atoms with Gasteiger partial charge in [-0.1, -0.05) is 13.0 Å². The maximum absolute atomic E-state index is 11.6. The second-order valence-electron chi connectivity index (χ2n) is 4.71. The van der Waals surface area contributed by atoms with Crippen LogP contribution < -0.4 is 15.0 Å². The minimum atomic E-state index is -0.000573. The quantitative estimate of drug-likeness (QED) is 0.879. The van der Waals surface area contributed by atoms with Crippen molar-refractivity contribution >= 4 is 11.6 Å². The molecule has 0 aliphatic carbocycles. The van der Waals surface area contributed by atoms with Gasteiger partial charge in [0, 0.05) is 13.1 Å². The molecule has 1 atom stereocenters. The van der Waals surface area contributed by atoms with E-state index < -0.39 is 0 Å². The fourth-order valence-corrected chi connectivity index (χ4v) is 2.22. The van der Waals surface area contributed by atoms with E-state index in [2.05, 4.69) is 25.2 Å². The first-order valence-corrected chi connectivity index (χ1v) is 6.37. The van der Waals surface area contributed by atoms with E-state index in [1.807, 2.05) is 12.1 Å². The van der Waals surface area contributed by atoms with Gasteiger partial charge in [-0.15, -0.1) is 0 Å². The van der Waals surface area contributed by atoms with E-state index in [9.17, 15) is 4.79 Å². The summed E-state index contributed by atoms with van der Waals surface area (Å²) in [7, 11) is 1.79. The highest BCUT2D eigenvalue weighted by molar-refractivity contribution is 5.97. The molecule has 1 amide bonds. The standard InChI is InChI=1S/C14H20N2O2/c1-4-15-10(2)7-11-5-6-13-12(8-11)16(3)14(17)9-18-13/h5-6,8,10,15H,4,7,9H2,1-3H3. The first kappa shape index (κ1) is 12.9. The number of anilines is 1. The summed E-state index contributed by atoms with van der Waals surface area (Å²) in [4.78, 5) is 13.2. The molecule has 1 heterocycles. The summed E-state index contributed by atoms with van der Waals surface area (Å²) in [6, 6.07) is 6.49. The summed E-state index contributed by atoms with van der Waals surface area (Å²) in [5.74, 6) is 0.788. The van der Waals surface area contributed by atoms with E-state index in [0.717, 1.165) is 24.4 Å². The van der Waals surface area contributed by atoms with Crippen molar-refractivity contribution in [2.75, 3.05) is 25.1 Å². The van der Waals surface area contributed by atoms with Crippen LogP contribution in [0.15, 0.2) is 18.2 Å². The Labute approximate surface area is 108 Å². The Hall–Kier alpha value is -1.55. The minimum absolute atomic E-state index is 0.000573. The van der Waals surface area contributed by atoms with Gasteiger partial charge in [-0.3, -0.25) is 4.79 Å². The number of nitrogens with zero attached hydrogens (tertiary/aromatic N) is 1. The van der Waals surface area contributed by atoms with Gasteiger partial charge in [0.2, 0.25) is 0 Å². The lowest BCUT2D eigenvalue weighted by atomic mass is 10.1. The van der Waals surface area contributed by atoms with Gasteiger partial charge in [-0.2, -0.15) is 0 Å². The van der Waals surface area contributed by atoms with Gasteiger partial charge in [0.15, 0.2) is 6.61 Å². The number of carbonyl (C=O) groups is 1. The third kappa shape index (κ3) is 2.64. The Morgan fingerprint density at radius 2 is 2.28 bits per heavy atom. The van der Waals surface area contributed by atoms with Crippen molar-refractivity contribution in [3.63, 3.8) is 0 Å². The van der Waals surface area contributed by atoms with Crippen LogP contribution in [0.25, 0.3) is 0 Å². The molecular formula is C14H20N2O2. The van der Waals surface area contributed by atoms with E-state index >= 15 is 0 Å². The van der Waals surface area contributed by atoms with Crippen molar-refractivity contribution in [1.82, 2.24) is 5.32 Å². The van der Waals surface area contributed by atoms with Gasteiger partial charge in [0.1, 0.15) is 5.75 Å². The lowest BCUT2D eigenvalue weighted by Gasteiger charge is -2.26. The molecule has 4 nitrogen and oxygen atoms in total. The second kappa shape index (κ2) is 5.40. The van der Waals surface area contributed by atoms with Crippen molar-refractivity contribution in [2.45, 2.75) is 26.3 Å². The molecule has 1 aromatic carbocycles. The molecule has 0 saturated heterocycles. The van der Waals surface area contributed by atoms with Crippen LogP contribution in [0.2, 0.25) is 0 Å². The summed E-state index contributed by atoms with van der Waals surface area (Å²) in [5.41, 5.74) is 2.08. The second-order valence-corrected chi connectivity index (χ2v) is 4.71. The fourth-order valence-electron chi connectivity index (χ4n) is 2.22. The smallest absolute Gasteiger partial charge is 0.264 e. The van der Waals surface area contributed by atoms with Gasteiger partial charge in [0.05, 0.1) is 5.69 Å². The van der Waals surface area contributed by atoms with E-state index in [0.29, 0.717) is 6.04 Å². The molecule has 0 fully saturated rings. The largest absolute Gasteiger partial charge is 0.482 e. The third-order valence-electron chi connectivity index (χ3n) is 3.20. The summed E-state index contributed by atoms with van der Waals surface area (Å²) < 4.78 is 5.41. The molecule has 1 aliphatic heterocycles. The Morgan fingerprint density at radius 3 is 3.00 bits per heavy atom. The molecule has 1 N–H and O–H groups in total. The van der Waals surface area contributed by atoms with E-state index in [-0.39, 0.29) is 12.5 Å². The van der Waals surface area contributed by atoms with Gasteiger partial charge < -0.3 is 15.0 Å². The summed E-state index contributed by atoms with van der Waals surface area (Å²) in [5, 5.41) is 3.38. The van der Waals surface area contributed by atoms with Crippen LogP contribution in [0.5, 0.6) is 5.75 Å². The fraction of sp³-hybridized carbons (Fsp3) is 0.500. The number of nitrogens with one attached hydrogen (secondary N) is 1. The van der Waals surface area contributed by atoms with Crippen molar-refractivity contribution < 1.29 is 9.53 Å². The molecule has 98 valence electrons. The Kier molecular flexibility index (Phi) is 3.87. The molecule has 0 radical (unpaired) electrons. The van der Waals surface area contributed by atoms with Crippen molar-refractivity contribution in [3.8, 4) is 5.75 Å². The number of hydrogen-bond donors (Lipinski definition) is 1. The predicted octanol–water partition coefficient (Wildman–Crippen LogP) is 1.58. The number of likely N-dealkylation sites (N-methyl/N-ethyl adjacent to an activating group) is 2. The maximum atomic E-state index is 11.6. The molecule has 0 spiro atoms. The predicted molar refractivity (Wildman–Crippen MR) is 72.2 cm³/mol. The topological polar surface area (TPSA) is 41.6 Å². The van der Waals surface area contributed by atoms with Crippen molar-refractivity contribution in [2.24, 2.45) is 0 Å². The molecule has 1 aromatic rings. The summed E-state index contributed by atoms with van der Waals surface area (Å²) in [6.07, 6.45) is 0.948. The van der Waals surface area contributed by atoms with Crippen LogP contribution in [0.3, 0.4) is 0 Å². The van der Waals surface area contributed by atoms with E-state index in [1.54, 1.807) is 11.9 Å². The van der Waals surface area contributed by atoms with Crippen molar-refractivity contribution in [1.29, 1.82) is 0 Å². The van der Waals surface area contributed by atoms with Gasteiger partial charge >= 0.3 is 0 Å². The molecule has 2 rings (SSSR count). The number of amides is 1. The molecule has 0 saturated carbocycles. The monoisotopic (exact) mass is 248 g/mol. The Bertz CT molecular complexity index is 445. The first-order chi connectivity index (χ1) is 8.61. The number of fused-ring (bicyclic) bond motifs is 1. The number of hydrogen-bond acceptors (Lipinski definition) is 3. The SMILES string of the molecule is CCNC(C)Cc1ccc2c(c1)N(C)C(=O)CO2. The number of benzene rings is 1. The molecule has 0 bridgehead atoms. The molecule has 4 heteroatoms. The number of rotatable bonds is 4. The molecule has 18 heavy (non-hydrogen) atoms. The molecular weight excluding hydrogens is 228 g/mol. The number of carbonyl (C=O) groups excluding carboxylic acids is 1. The molecule has 1 aliphatic rings. The van der Waals surface area contributed by atoms with Gasteiger partial charge in [-0.25, -0.2) is 0 Å². The van der Waals surface area contributed by atoms with Crippen LogP contribution in [0, 0.1) is 0 Å².